The van der Waals surface area contributed by atoms with Crippen molar-refractivity contribution >= 4 is 5.91 Å². The minimum Gasteiger partial charge on any atom is -0.381 e. The summed E-state index contributed by atoms with van der Waals surface area (Å²) in [4.78, 5) is 11.2. The van der Waals surface area contributed by atoms with Gasteiger partial charge in [-0.05, 0) is 32.9 Å². The van der Waals surface area contributed by atoms with Crippen LogP contribution in [0.4, 0.5) is 13.2 Å². The van der Waals surface area contributed by atoms with E-state index in [1.807, 2.05) is 12.2 Å². The van der Waals surface area contributed by atoms with Gasteiger partial charge in [-0.1, -0.05) is 6.92 Å². The van der Waals surface area contributed by atoms with Gasteiger partial charge in [0.1, 0.15) is 6.04 Å². The fourth-order valence-corrected chi connectivity index (χ4v) is 1.31. The Kier molecular flexibility index (Phi) is 9.59. The molecule has 0 aliphatic rings. The first-order valence-electron chi connectivity index (χ1n) is 6.52. The third kappa shape index (κ3) is 10.8. The molecule has 114 valence electrons. The molecule has 7 heteroatoms. The third-order valence-electron chi connectivity index (χ3n) is 2.45. The molecule has 1 atom stereocenters. The number of carbonyl (C=O) groups is 1. The van der Waals surface area contributed by atoms with Crippen LogP contribution in [0.25, 0.3) is 0 Å². The Labute approximate surface area is 112 Å². The van der Waals surface area contributed by atoms with E-state index in [2.05, 4.69) is 5.32 Å². The lowest BCUT2D eigenvalue weighted by molar-refractivity contribution is -0.158. The van der Waals surface area contributed by atoms with Gasteiger partial charge in [0.25, 0.3) is 0 Å². The smallest absolute Gasteiger partial charge is 0.381 e. The van der Waals surface area contributed by atoms with E-state index in [1.54, 1.807) is 0 Å². The van der Waals surface area contributed by atoms with Gasteiger partial charge in [-0.25, -0.2) is 0 Å². The molecule has 0 aromatic heterocycles. The highest BCUT2D eigenvalue weighted by atomic mass is 19.4. The molecule has 0 aliphatic heterocycles. The molecule has 1 amide bonds. The number of nitrogens with one attached hydrogen (secondary N) is 2. The summed E-state index contributed by atoms with van der Waals surface area (Å²) in [7, 11) is 0. The van der Waals surface area contributed by atoms with Gasteiger partial charge < -0.3 is 15.4 Å². The number of halogens is 3. The van der Waals surface area contributed by atoms with Crippen LogP contribution in [0.3, 0.4) is 0 Å². The van der Waals surface area contributed by atoms with Crippen molar-refractivity contribution in [3.63, 3.8) is 0 Å². The Morgan fingerprint density at radius 3 is 2.47 bits per heavy atom. The first-order chi connectivity index (χ1) is 8.88. The van der Waals surface area contributed by atoms with E-state index < -0.39 is 18.1 Å². The molecule has 0 aromatic carbocycles. The van der Waals surface area contributed by atoms with Crippen molar-refractivity contribution in [2.75, 3.05) is 26.3 Å². The van der Waals surface area contributed by atoms with Crippen molar-refractivity contribution in [1.82, 2.24) is 10.6 Å². The predicted molar refractivity (Wildman–Crippen MR) is 66.9 cm³/mol. The zero-order valence-corrected chi connectivity index (χ0v) is 11.5. The SMILES string of the molecule is CCNCCCOCCCC(=O)NC(C)C(F)(F)F. The average Bonchev–Trinajstić information content (AvgIpc) is 2.31. The van der Waals surface area contributed by atoms with Crippen molar-refractivity contribution in [1.29, 1.82) is 0 Å². The van der Waals surface area contributed by atoms with Crippen LogP contribution in [-0.4, -0.2) is 44.4 Å². The van der Waals surface area contributed by atoms with E-state index in [-0.39, 0.29) is 6.42 Å². The van der Waals surface area contributed by atoms with Crippen LogP contribution in [0.5, 0.6) is 0 Å². The minimum absolute atomic E-state index is 0.0492. The second kappa shape index (κ2) is 10.0. The summed E-state index contributed by atoms with van der Waals surface area (Å²) in [6.07, 6.45) is -3.03. The highest BCUT2D eigenvalue weighted by molar-refractivity contribution is 5.76. The molecular weight excluding hydrogens is 261 g/mol. The van der Waals surface area contributed by atoms with E-state index in [1.165, 1.54) is 0 Å². The first-order valence-corrected chi connectivity index (χ1v) is 6.52. The number of hydrogen-bond donors (Lipinski definition) is 2. The Bertz CT molecular complexity index is 248. The van der Waals surface area contributed by atoms with E-state index >= 15 is 0 Å². The lowest BCUT2D eigenvalue weighted by atomic mass is 10.2. The maximum absolute atomic E-state index is 12.2. The normalized spacial score (nSPS) is 13.3. The first kappa shape index (κ1) is 18.2. The van der Waals surface area contributed by atoms with Crippen molar-refractivity contribution in [3.05, 3.63) is 0 Å². The highest BCUT2D eigenvalue weighted by Gasteiger charge is 2.36. The summed E-state index contributed by atoms with van der Waals surface area (Å²) >= 11 is 0. The summed E-state index contributed by atoms with van der Waals surface area (Å²) in [5.41, 5.74) is 0. The molecule has 1 unspecified atom stereocenters. The molecule has 0 heterocycles. The fourth-order valence-electron chi connectivity index (χ4n) is 1.31. The number of carbonyl (C=O) groups excluding carboxylic acids is 1. The molecule has 0 aliphatic carbocycles. The number of hydrogen-bond acceptors (Lipinski definition) is 3. The number of ether oxygens (including phenoxy) is 1. The van der Waals surface area contributed by atoms with Gasteiger partial charge in [-0.2, -0.15) is 13.2 Å². The topological polar surface area (TPSA) is 50.4 Å². The summed E-state index contributed by atoms with van der Waals surface area (Å²) in [6.45, 7) is 5.71. The van der Waals surface area contributed by atoms with Gasteiger partial charge in [0.15, 0.2) is 0 Å². The quantitative estimate of drug-likeness (QED) is 0.602. The van der Waals surface area contributed by atoms with Gasteiger partial charge in [-0.3, -0.25) is 4.79 Å². The zero-order chi connectivity index (χ0) is 14.7. The molecular formula is C12H23F3N2O2. The Balaban J connectivity index is 3.44. The molecule has 19 heavy (non-hydrogen) atoms. The van der Waals surface area contributed by atoms with E-state index in [0.29, 0.717) is 19.6 Å². The number of amides is 1. The van der Waals surface area contributed by atoms with E-state index in [4.69, 9.17) is 4.74 Å². The fraction of sp³-hybridized carbons (Fsp3) is 0.917. The monoisotopic (exact) mass is 284 g/mol. The van der Waals surface area contributed by atoms with Crippen LogP contribution in [0.1, 0.15) is 33.1 Å². The number of alkyl halides is 3. The molecule has 2 N–H and O–H groups in total. The second-order valence-electron chi connectivity index (χ2n) is 4.25. The van der Waals surface area contributed by atoms with Crippen molar-refractivity contribution in [3.8, 4) is 0 Å². The van der Waals surface area contributed by atoms with Crippen LogP contribution >= 0.6 is 0 Å². The van der Waals surface area contributed by atoms with Crippen molar-refractivity contribution in [2.24, 2.45) is 0 Å². The zero-order valence-electron chi connectivity index (χ0n) is 11.5. The van der Waals surface area contributed by atoms with Gasteiger partial charge in [0, 0.05) is 19.6 Å². The van der Waals surface area contributed by atoms with E-state index in [0.717, 1.165) is 26.4 Å². The lowest BCUT2D eigenvalue weighted by Gasteiger charge is -2.16. The maximum atomic E-state index is 12.2. The van der Waals surface area contributed by atoms with E-state index in [9.17, 15) is 18.0 Å². The standard InChI is InChI=1S/C12H23F3N2O2/c1-3-16-7-5-9-19-8-4-6-11(18)17-10(2)12(13,14)15/h10,16H,3-9H2,1-2H3,(H,17,18). The Morgan fingerprint density at radius 1 is 1.26 bits per heavy atom. The molecule has 0 spiro atoms. The summed E-state index contributed by atoms with van der Waals surface area (Å²) < 4.78 is 41.7. The van der Waals surface area contributed by atoms with Crippen LogP contribution in [0.2, 0.25) is 0 Å². The summed E-state index contributed by atoms with van der Waals surface area (Å²) in [5.74, 6) is -0.596. The molecule has 4 nitrogen and oxygen atoms in total. The molecule has 0 saturated carbocycles. The summed E-state index contributed by atoms with van der Waals surface area (Å²) in [6, 6.07) is -1.80. The number of rotatable bonds is 10. The molecule has 0 saturated heterocycles. The molecule has 0 aromatic rings. The Hall–Kier alpha value is -0.820. The predicted octanol–water partition coefficient (Wildman–Crippen LogP) is 1.85. The third-order valence-corrected chi connectivity index (χ3v) is 2.45. The summed E-state index contributed by atoms with van der Waals surface area (Å²) in [5, 5.41) is 5.05. The molecule has 0 fully saturated rings. The van der Waals surface area contributed by atoms with Crippen LogP contribution in [-0.2, 0) is 9.53 Å². The van der Waals surface area contributed by atoms with Crippen molar-refractivity contribution in [2.45, 2.75) is 45.3 Å². The van der Waals surface area contributed by atoms with Crippen LogP contribution in [0.15, 0.2) is 0 Å². The maximum Gasteiger partial charge on any atom is 0.408 e. The molecule has 0 radical (unpaired) electrons. The van der Waals surface area contributed by atoms with Crippen LogP contribution < -0.4 is 10.6 Å². The Morgan fingerprint density at radius 2 is 1.89 bits per heavy atom. The van der Waals surface area contributed by atoms with Gasteiger partial charge in [0.2, 0.25) is 5.91 Å². The molecule has 0 bridgehead atoms. The lowest BCUT2D eigenvalue weighted by Crippen LogP contribution is -2.43. The second-order valence-corrected chi connectivity index (χ2v) is 4.25. The van der Waals surface area contributed by atoms with Gasteiger partial charge >= 0.3 is 6.18 Å². The largest absolute Gasteiger partial charge is 0.408 e. The minimum atomic E-state index is -4.39. The average molecular weight is 284 g/mol. The van der Waals surface area contributed by atoms with Crippen molar-refractivity contribution < 1.29 is 22.7 Å². The van der Waals surface area contributed by atoms with Gasteiger partial charge in [0.05, 0.1) is 0 Å². The molecule has 0 rings (SSSR count). The van der Waals surface area contributed by atoms with Crippen LogP contribution in [0, 0.1) is 0 Å². The van der Waals surface area contributed by atoms with Gasteiger partial charge in [-0.15, -0.1) is 0 Å². The highest BCUT2D eigenvalue weighted by Crippen LogP contribution is 2.19.